The van der Waals surface area contributed by atoms with Crippen LogP contribution in [0, 0.1) is 6.92 Å². The first-order chi connectivity index (χ1) is 9.35. The molecule has 0 amide bonds. The summed E-state index contributed by atoms with van der Waals surface area (Å²) in [5.74, 6) is 0. The summed E-state index contributed by atoms with van der Waals surface area (Å²) < 4.78 is 1.91. The Morgan fingerprint density at radius 3 is 2.65 bits per heavy atom. The summed E-state index contributed by atoms with van der Waals surface area (Å²) in [7, 11) is 0. The Labute approximate surface area is 129 Å². The third-order valence-corrected chi connectivity index (χ3v) is 4.20. The number of benzene rings is 1. The van der Waals surface area contributed by atoms with Crippen molar-refractivity contribution in [2.45, 2.75) is 39.3 Å². The molecule has 1 aromatic heterocycles. The van der Waals surface area contributed by atoms with Crippen LogP contribution in [0.5, 0.6) is 0 Å². The SMILES string of the molecule is CCn1nc(C)c(Cl)c1CC(C)(N)c1cccc(Cl)c1. The lowest BCUT2D eigenvalue weighted by Gasteiger charge is -2.26. The quantitative estimate of drug-likeness (QED) is 0.929. The van der Waals surface area contributed by atoms with Crippen LogP contribution in [0.3, 0.4) is 0 Å². The molecule has 0 fully saturated rings. The molecule has 2 rings (SSSR count). The molecule has 2 aromatic rings. The highest BCUT2D eigenvalue weighted by Gasteiger charge is 2.26. The molecule has 0 aliphatic rings. The summed E-state index contributed by atoms with van der Waals surface area (Å²) in [6.45, 7) is 6.70. The van der Waals surface area contributed by atoms with E-state index in [2.05, 4.69) is 5.10 Å². The predicted octanol–water partition coefficient (Wildman–Crippen LogP) is 3.93. The molecule has 0 spiro atoms. The number of nitrogens with two attached hydrogens (primary N) is 1. The summed E-state index contributed by atoms with van der Waals surface area (Å²) in [6.07, 6.45) is 0.612. The fraction of sp³-hybridized carbons (Fsp3) is 0.400. The molecule has 0 saturated carbocycles. The van der Waals surface area contributed by atoms with E-state index < -0.39 is 5.54 Å². The predicted molar refractivity (Wildman–Crippen MR) is 84.3 cm³/mol. The number of aromatic nitrogens is 2. The lowest BCUT2D eigenvalue weighted by Crippen LogP contribution is -2.36. The van der Waals surface area contributed by atoms with Crippen molar-refractivity contribution < 1.29 is 0 Å². The molecule has 20 heavy (non-hydrogen) atoms. The van der Waals surface area contributed by atoms with Crippen LogP contribution in [-0.4, -0.2) is 9.78 Å². The van der Waals surface area contributed by atoms with Gasteiger partial charge in [0.05, 0.1) is 16.4 Å². The largest absolute Gasteiger partial charge is 0.321 e. The second-order valence-electron chi connectivity index (χ2n) is 5.27. The van der Waals surface area contributed by atoms with E-state index in [1.54, 1.807) is 0 Å². The van der Waals surface area contributed by atoms with Crippen molar-refractivity contribution in [2.24, 2.45) is 5.73 Å². The topological polar surface area (TPSA) is 43.8 Å². The molecular formula is C15H19Cl2N3. The van der Waals surface area contributed by atoms with Crippen molar-refractivity contribution in [3.63, 3.8) is 0 Å². The number of halogens is 2. The van der Waals surface area contributed by atoms with Crippen LogP contribution in [0.25, 0.3) is 0 Å². The van der Waals surface area contributed by atoms with Crippen LogP contribution in [0.4, 0.5) is 0 Å². The highest BCUT2D eigenvalue weighted by atomic mass is 35.5. The van der Waals surface area contributed by atoms with E-state index in [9.17, 15) is 0 Å². The van der Waals surface area contributed by atoms with Crippen LogP contribution in [0.2, 0.25) is 10.0 Å². The van der Waals surface area contributed by atoms with Crippen LogP contribution in [0.1, 0.15) is 30.8 Å². The van der Waals surface area contributed by atoms with Crippen molar-refractivity contribution in [2.75, 3.05) is 0 Å². The number of aryl methyl sites for hydroxylation is 2. The van der Waals surface area contributed by atoms with Gasteiger partial charge >= 0.3 is 0 Å². The molecule has 0 aliphatic heterocycles. The Balaban J connectivity index is 2.37. The van der Waals surface area contributed by atoms with Crippen molar-refractivity contribution in [1.82, 2.24) is 9.78 Å². The van der Waals surface area contributed by atoms with Crippen LogP contribution in [-0.2, 0) is 18.5 Å². The normalized spacial score (nSPS) is 14.3. The minimum atomic E-state index is -0.548. The highest BCUT2D eigenvalue weighted by Crippen LogP contribution is 2.29. The van der Waals surface area contributed by atoms with Gasteiger partial charge in [0.2, 0.25) is 0 Å². The molecule has 0 saturated heterocycles. The summed E-state index contributed by atoms with van der Waals surface area (Å²) in [5, 5.41) is 5.81. The molecule has 0 bridgehead atoms. The third kappa shape index (κ3) is 3.00. The average Bonchev–Trinajstić information content (AvgIpc) is 2.66. The lowest BCUT2D eigenvalue weighted by atomic mass is 9.88. The standard InChI is InChI=1S/C15H19Cl2N3/c1-4-20-13(14(17)10(2)19-20)9-15(3,18)11-6-5-7-12(16)8-11/h5-8H,4,9,18H2,1-3H3. The van der Waals surface area contributed by atoms with Gasteiger partial charge in [-0.2, -0.15) is 5.10 Å². The Kier molecular flexibility index (Phi) is 4.43. The van der Waals surface area contributed by atoms with Gasteiger partial charge in [-0.1, -0.05) is 35.3 Å². The Morgan fingerprint density at radius 2 is 2.05 bits per heavy atom. The van der Waals surface area contributed by atoms with Crippen LogP contribution < -0.4 is 5.73 Å². The Bertz CT molecular complexity index is 618. The van der Waals surface area contributed by atoms with Crippen molar-refractivity contribution in [3.05, 3.63) is 51.3 Å². The highest BCUT2D eigenvalue weighted by molar-refractivity contribution is 6.32. The van der Waals surface area contributed by atoms with Gasteiger partial charge in [0, 0.05) is 23.5 Å². The summed E-state index contributed by atoms with van der Waals surface area (Å²) in [4.78, 5) is 0. The van der Waals surface area contributed by atoms with Crippen LogP contribution >= 0.6 is 23.2 Å². The number of hydrogen-bond acceptors (Lipinski definition) is 2. The third-order valence-electron chi connectivity index (χ3n) is 3.47. The molecule has 1 unspecified atom stereocenters. The van der Waals surface area contributed by atoms with Gasteiger partial charge in [0.15, 0.2) is 0 Å². The van der Waals surface area contributed by atoms with E-state index in [1.807, 2.05) is 49.7 Å². The van der Waals surface area contributed by atoms with E-state index in [1.165, 1.54) is 0 Å². The van der Waals surface area contributed by atoms with Crippen molar-refractivity contribution in [1.29, 1.82) is 0 Å². The zero-order valence-electron chi connectivity index (χ0n) is 12.0. The van der Waals surface area contributed by atoms with Gasteiger partial charge in [0.1, 0.15) is 0 Å². The molecule has 1 heterocycles. The van der Waals surface area contributed by atoms with Gasteiger partial charge in [-0.15, -0.1) is 0 Å². The van der Waals surface area contributed by atoms with E-state index in [0.29, 0.717) is 16.5 Å². The second kappa shape index (κ2) is 5.76. The van der Waals surface area contributed by atoms with Gasteiger partial charge < -0.3 is 5.73 Å². The Hall–Kier alpha value is -1.03. The van der Waals surface area contributed by atoms with Crippen LogP contribution in [0.15, 0.2) is 24.3 Å². The maximum atomic E-state index is 6.48. The monoisotopic (exact) mass is 311 g/mol. The van der Waals surface area contributed by atoms with E-state index in [-0.39, 0.29) is 0 Å². The number of nitrogens with zero attached hydrogens (tertiary/aromatic N) is 2. The van der Waals surface area contributed by atoms with Gasteiger partial charge in [0.25, 0.3) is 0 Å². The number of hydrogen-bond donors (Lipinski definition) is 1. The first-order valence-corrected chi connectivity index (χ1v) is 7.37. The zero-order valence-corrected chi connectivity index (χ0v) is 13.5. The molecule has 0 aliphatic carbocycles. The van der Waals surface area contributed by atoms with Crippen molar-refractivity contribution in [3.8, 4) is 0 Å². The van der Waals surface area contributed by atoms with E-state index >= 15 is 0 Å². The summed E-state index contributed by atoms with van der Waals surface area (Å²) in [5.41, 5.74) is 8.73. The molecule has 5 heteroatoms. The van der Waals surface area contributed by atoms with Gasteiger partial charge in [-0.3, -0.25) is 4.68 Å². The fourth-order valence-corrected chi connectivity index (χ4v) is 2.72. The molecule has 1 aromatic carbocycles. The average molecular weight is 312 g/mol. The zero-order chi connectivity index (χ0) is 14.9. The summed E-state index contributed by atoms with van der Waals surface area (Å²) in [6, 6.07) is 7.63. The molecule has 3 nitrogen and oxygen atoms in total. The molecule has 108 valence electrons. The molecule has 1 atom stereocenters. The minimum absolute atomic E-state index is 0.548. The fourth-order valence-electron chi connectivity index (χ4n) is 2.33. The van der Waals surface area contributed by atoms with Gasteiger partial charge in [-0.25, -0.2) is 0 Å². The maximum Gasteiger partial charge on any atom is 0.0847 e. The Morgan fingerprint density at radius 1 is 1.35 bits per heavy atom. The maximum absolute atomic E-state index is 6.48. The lowest BCUT2D eigenvalue weighted by molar-refractivity contribution is 0.464. The first kappa shape index (κ1) is 15.4. The van der Waals surface area contributed by atoms with E-state index in [4.69, 9.17) is 28.9 Å². The second-order valence-corrected chi connectivity index (χ2v) is 6.08. The van der Waals surface area contributed by atoms with Crippen molar-refractivity contribution >= 4 is 23.2 Å². The minimum Gasteiger partial charge on any atom is -0.321 e. The number of rotatable bonds is 4. The smallest absolute Gasteiger partial charge is 0.0847 e. The van der Waals surface area contributed by atoms with E-state index in [0.717, 1.165) is 23.5 Å². The molecule has 2 N–H and O–H groups in total. The van der Waals surface area contributed by atoms with Gasteiger partial charge in [-0.05, 0) is 38.5 Å². The first-order valence-electron chi connectivity index (χ1n) is 6.62. The molecular weight excluding hydrogens is 293 g/mol. The summed E-state index contributed by atoms with van der Waals surface area (Å²) >= 11 is 12.4. The molecule has 0 radical (unpaired) electrons.